The average Bonchev–Trinajstić information content (AvgIpc) is 3.75. The van der Waals surface area contributed by atoms with Crippen molar-refractivity contribution in [1.29, 1.82) is 0 Å². The van der Waals surface area contributed by atoms with E-state index in [-0.39, 0.29) is 29.7 Å². The molecule has 3 aromatic rings. The molecule has 1 aliphatic heterocycles. The molecule has 3 aromatic carbocycles. The van der Waals surface area contributed by atoms with Crippen LogP contribution in [-0.2, 0) is 4.79 Å². The van der Waals surface area contributed by atoms with E-state index in [0.29, 0.717) is 11.3 Å². The third kappa shape index (κ3) is 5.62. The molecule has 2 amide bonds. The van der Waals surface area contributed by atoms with Crippen molar-refractivity contribution in [2.24, 2.45) is 5.92 Å². The Labute approximate surface area is 224 Å². The molecule has 1 aliphatic carbocycles. The first-order chi connectivity index (χ1) is 18.4. The number of hydrogen-bond acceptors (Lipinski definition) is 5. The molecule has 0 bridgehead atoms. The number of anilines is 3. The molecule has 2 atom stereocenters. The third-order valence-electron chi connectivity index (χ3n) is 7.33. The van der Waals surface area contributed by atoms with Gasteiger partial charge in [-0.25, -0.2) is 0 Å². The minimum Gasteiger partial charge on any atom is -0.495 e. The summed E-state index contributed by atoms with van der Waals surface area (Å²) in [4.78, 5) is 30.8. The minimum atomic E-state index is -0.133. The fourth-order valence-corrected chi connectivity index (χ4v) is 5.28. The molecular formula is C31H36N4O3. The molecule has 0 aromatic heterocycles. The van der Waals surface area contributed by atoms with Crippen molar-refractivity contribution < 1.29 is 14.3 Å². The van der Waals surface area contributed by atoms with Crippen molar-refractivity contribution in [3.8, 4) is 5.75 Å². The van der Waals surface area contributed by atoms with Crippen molar-refractivity contribution >= 4 is 28.9 Å². The Morgan fingerprint density at radius 1 is 0.868 bits per heavy atom. The Hall–Kier alpha value is -4.00. The zero-order valence-corrected chi connectivity index (χ0v) is 22.3. The van der Waals surface area contributed by atoms with Crippen LogP contribution in [-0.4, -0.2) is 51.1 Å². The second-order valence-corrected chi connectivity index (χ2v) is 10.4. The molecule has 2 N–H and O–H groups in total. The normalized spacial score (nSPS) is 18.7. The van der Waals surface area contributed by atoms with Crippen LogP contribution in [0.2, 0.25) is 0 Å². The molecule has 1 heterocycles. The highest BCUT2D eigenvalue weighted by atomic mass is 16.5. The number of carbonyl (C=O) groups excluding carboxylic acids is 2. The summed E-state index contributed by atoms with van der Waals surface area (Å²) in [5, 5.41) is 6.09. The van der Waals surface area contributed by atoms with Gasteiger partial charge in [0, 0.05) is 49.5 Å². The molecule has 1 saturated heterocycles. The summed E-state index contributed by atoms with van der Waals surface area (Å²) < 4.78 is 5.55. The quantitative estimate of drug-likeness (QED) is 0.449. The van der Waals surface area contributed by atoms with E-state index in [0.717, 1.165) is 49.7 Å². The van der Waals surface area contributed by atoms with E-state index in [1.54, 1.807) is 7.11 Å². The van der Waals surface area contributed by atoms with Crippen molar-refractivity contribution in [3.63, 3.8) is 0 Å². The molecule has 0 radical (unpaired) electrons. The van der Waals surface area contributed by atoms with Crippen LogP contribution in [0, 0.1) is 5.92 Å². The summed E-state index contributed by atoms with van der Waals surface area (Å²) in [5.41, 5.74) is 4.40. The summed E-state index contributed by atoms with van der Waals surface area (Å²) in [7, 11) is 1.69. The van der Waals surface area contributed by atoms with Gasteiger partial charge in [0.05, 0.1) is 18.4 Å². The number of piperazine rings is 1. The van der Waals surface area contributed by atoms with Crippen molar-refractivity contribution in [3.05, 3.63) is 83.9 Å². The predicted octanol–water partition coefficient (Wildman–Crippen LogP) is 4.90. The molecule has 2 aliphatic rings. The average molecular weight is 513 g/mol. The maximum Gasteiger partial charge on any atom is 0.253 e. The van der Waals surface area contributed by atoms with Gasteiger partial charge in [-0.1, -0.05) is 42.5 Å². The number of para-hydroxylation sites is 2. The molecule has 5 rings (SSSR count). The highest BCUT2D eigenvalue weighted by Crippen LogP contribution is 2.48. The lowest BCUT2D eigenvalue weighted by Gasteiger charge is -2.38. The van der Waals surface area contributed by atoms with Crippen LogP contribution in [0.15, 0.2) is 72.8 Å². The number of benzene rings is 3. The molecule has 198 valence electrons. The number of nitrogens with one attached hydrogen (secondary N) is 2. The van der Waals surface area contributed by atoms with Crippen molar-refractivity contribution in [1.82, 2.24) is 5.32 Å². The van der Waals surface area contributed by atoms with E-state index in [2.05, 4.69) is 38.6 Å². The summed E-state index contributed by atoms with van der Waals surface area (Å²) in [6.07, 6.45) is 0.852. The predicted molar refractivity (Wildman–Crippen MR) is 152 cm³/mol. The molecule has 7 nitrogen and oxygen atoms in total. The first-order valence-electron chi connectivity index (χ1n) is 13.4. The van der Waals surface area contributed by atoms with Crippen LogP contribution < -0.4 is 25.2 Å². The van der Waals surface area contributed by atoms with E-state index in [4.69, 9.17) is 4.74 Å². The number of nitrogens with zero attached hydrogens (tertiary/aromatic N) is 2. The first-order valence-corrected chi connectivity index (χ1v) is 13.4. The van der Waals surface area contributed by atoms with Gasteiger partial charge in [0.25, 0.3) is 5.91 Å². The van der Waals surface area contributed by atoms with Gasteiger partial charge in [-0.2, -0.15) is 0 Å². The standard InChI is InChI=1S/C31H36N4O3/c1-21(2)32-31(37)26-19-23(33-30(36)25-20-24(25)22-9-5-4-6-10-22)13-14-27(26)34-15-17-35(18-16-34)28-11-7-8-12-29(28)38-3/h4-14,19,21,24-25H,15-18,20H2,1-3H3,(H,32,37)(H,33,36). The van der Waals surface area contributed by atoms with Gasteiger partial charge in [0.2, 0.25) is 5.91 Å². The highest BCUT2D eigenvalue weighted by molar-refractivity contribution is 6.03. The van der Waals surface area contributed by atoms with Gasteiger partial charge >= 0.3 is 0 Å². The fraction of sp³-hybridized carbons (Fsp3) is 0.355. The van der Waals surface area contributed by atoms with E-state index in [1.165, 1.54) is 5.56 Å². The summed E-state index contributed by atoms with van der Waals surface area (Å²) in [6, 6.07) is 23.9. The topological polar surface area (TPSA) is 73.9 Å². The number of ether oxygens (including phenoxy) is 1. The second kappa shape index (κ2) is 11.2. The van der Waals surface area contributed by atoms with Crippen LogP contribution in [0.25, 0.3) is 0 Å². The number of amides is 2. The van der Waals surface area contributed by atoms with Crippen LogP contribution in [0.3, 0.4) is 0 Å². The van der Waals surface area contributed by atoms with E-state index < -0.39 is 0 Å². The molecule has 2 fully saturated rings. The molecule has 38 heavy (non-hydrogen) atoms. The SMILES string of the molecule is COc1ccccc1N1CCN(c2ccc(NC(=O)C3CC3c3ccccc3)cc2C(=O)NC(C)C)CC1. The Kier molecular flexibility index (Phi) is 7.54. The zero-order chi connectivity index (χ0) is 26.6. The Morgan fingerprint density at radius 2 is 1.53 bits per heavy atom. The summed E-state index contributed by atoms with van der Waals surface area (Å²) in [5.74, 6) is 0.967. The van der Waals surface area contributed by atoms with Gasteiger partial charge in [-0.3, -0.25) is 9.59 Å². The fourth-order valence-electron chi connectivity index (χ4n) is 5.28. The molecule has 0 spiro atoms. The summed E-state index contributed by atoms with van der Waals surface area (Å²) >= 11 is 0. The van der Waals surface area contributed by atoms with E-state index in [9.17, 15) is 9.59 Å². The van der Waals surface area contributed by atoms with Crippen molar-refractivity contribution in [2.45, 2.75) is 32.2 Å². The Morgan fingerprint density at radius 3 is 2.21 bits per heavy atom. The smallest absolute Gasteiger partial charge is 0.253 e. The third-order valence-corrected chi connectivity index (χ3v) is 7.33. The molecular weight excluding hydrogens is 476 g/mol. The number of rotatable bonds is 8. The largest absolute Gasteiger partial charge is 0.495 e. The minimum absolute atomic E-state index is 0.00671. The zero-order valence-electron chi connectivity index (χ0n) is 22.3. The maximum atomic E-state index is 13.2. The van der Waals surface area contributed by atoms with Gasteiger partial charge < -0.3 is 25.2 Å². The number of carbonyl (C=O) groups is 2. The number of hydrogen-bond donors (Lipinski definition) is 2. The van der Waals surface area contributed by atoms with Crippen LogP contribution in [0.4, 0.5) is 17.1 Å². The van der Waals surface area contributed by atoms with Crippen LogP contribution in [0.5, 0.6) is 5.75 Å². The van der Waals surface area contributed by atoms with Crippen LogP contribution in [0.1, 0.15) is 42.1 Å². The molecule has 2 unspecified atom stereocenters. The van der Waals surface area contributed by atoms with E-state index >= 15 is 0 Å². The number of methoxy groups -OCH3 is 1. The van der Waals surface area contributed by atoms with Gasteiger partial charge in [0.1, 0.15) is 5.75 Å². The lowest BCUT2D eigenvalue weighted by atomic mass is 10.1. The first kappa shape index (κ1) is 25.6. The Bertz CT molecular complexity index is 1290. The lowest BCUT2D eigenvalue weighted by Crippen LogP contribution is -2.47. The monoisotopic (exact) mass is 512 g/mol. The van der Waals surface area contributed by atoms with Crippen LogP contribution >= 0.6 is 0 Å². The van der Waals surface area contributed by atoms with E-state index in [1.807, 2.05) is 68.4 Å². The van der Waals surface area contributed by atoms with Gasteiger partial charge in [-0.15, -0.1) is 0 Å². The summed E-state index contributed by atoms with van der Waals surface area (Å²) in [6.45, 7) is 7.07. The Balaban J connectivity index is 1.30. The molecule has 7 heteroatoms. The van der Waals surface area contributed by atoms with Crippen molar-refractivity contribution in [2.75, 3.05) is 48.4 Å². The van der Waals surface area contributed by atoms with Gasteiger partial charge in [0.15, 0.2) is 0 Å². The maximum absolute atomic E-state index is 13.2. The highest BCUT2D eigenvalue weighted by Gasteiger charge is 2.43. The lowest BCUT2D eigenvalue weighted by molar-refractivity contribution is -0.117. The van der Waals surface area contributed by atoms with Gasteiger partial charge in [-0.05, 0) is 62.1 Å². The molecule has 1 saturated carbocycles. The second-order valence-electron chi connectivity index (χ2n) is 10.4.